The topological polar surface area (TPSA) is 41.6 Å². The van der Waals surface area contributed by atoms with Crippen LogP contribution in [0.4, 0.5) is 4.79 Å². The summed E-state index contributed by atoms with van der Waals surface area (Å²) in [5.41, 5.74) is 1.31. The average Bonchev–Trinajstić information content (AvgIpc) is 3.04. The second-order valence-electron chi connectivity index (χ2n) is 7.95. The van der Waals surface area contributed by atoms with E-state index in [-0.39, 0.29) is 17.5 Å². The van der Waals surface area contributed by atoms with Crippen molar-refractivity contribution < 1.29 is 9.53 Å². The standard InChI is InChI=1S/C20H32N2O2/c1-5-22(14-16-11-12-24-15-16)19(23)21-18(13-20(2,3)4)17-9-7-6-8-10-17/h6-10,16,18H,5,11-15H2,1-4H3,(H,21,23)/t16-,18-/m1/s1. The number of carbonyl (C=O) groups excluding carboxylic acids is 1. The van der Waals surface area contributed by atoms with E-state index in [1.165, 1.54) is 5.56 Å². The van der Waals surface area contributed by atoms with E-state index in [4.69, 9.17) is 4.74 Å². The second-order valence-corrected chi connectivity index (χ2v) is 7.95. The number of ether oxygens (including phenoxy) is 1. The highest BCUT2D eigenvalue weighted by atomic mass is 16.5. The van der Waals surface area contributed by atoms with Crippen LogP contribution in [0.15, 0.2) is 30.3 Å². The SMILES string of the molecule is CCN(C[C@H]1CCOC1)C(=O)N[C@H](CC(C)(C)C)c1ccccc1. The predicted molar refractivity (Wildman–Crippen MR) is 98.0 cm³/mol. The number of carbonyl (C=O) groups is 1. The Hall–Kier alpha value is -1.55. The Morgan fingerprint density at radius 3 is 2.58 bits per heavy atom. The normalized spacial score (nSPS) is 19.1. The van der Waals surface area contributed by atoms with E-state index in [9.17, 15) is 4.79 Å². The number of hydrogen-bond acceptors (Lipinski definition) is 2. The van der Waals surface area contributed by atoms with Crippen molar-refractivity contribution in [1.29, 1.82) is 0 Å². The first-order valence-electron chi connectivity index (χ1n) is 9.07. The van der Waals surface area contributed by atoms with Crippen LogP contribution in [-0.4, -0.2) is 37.2 Å². The Morgan fingerprint density at radius 1 is 1.33 bits per heavy atom. The fourth-order valence-electron chi connectivity index (χ4n) is 3.18. The van der Waals surface area contributed by atoms with Gasteiger partial charge in [0, 0.05) is 25.6 Å². The van der Waals surface area contributed by atoms with Crippen LogP contribution in [0.1, 0.15) is 52.1 Å². The fraction of sp³-hybridized carbons (Fsp3) is 0.650. The van der Waals surface area contributed by atoms with Crippen molar-refractivity contribution >= 4 is 6.03 Å². The molecule has 1 aromatic carbocycles. The summed E-state index contributed by atoms with van der Waals surface area (Å²) in [6.07, 6.45) is 1.96. The number of nitrogens with zero attached hydrogens (tertiary/aromatic N) is 1. The molecule has 2 atom stereocenters. The summed E-state index contributed by atoms with van der Waals surface area (Å²) in [6, 6.07) is 10.3. The maximum atomic E-state index is 12.8. The Bertz CT molecular complexity index is 504. The molecular formula is C20H32N2O2. The molecule has 0 unspecified atom stereocenters. The smallest absolute Gasteiger partial charge is 0.317 e. The van der Waals surface area contributed by atoms with E-state index in [1.807, 2.05) is 30.0 Å². The first-order chi connectivity index (χ1) is 11.4. The first kappa shape index (κ1) is 18.8. The van der Waals surface area contributed by atoms with E-state index >= 15 is 0 Å². The van der Waals surface area contributed by atoms with E-state index in [1.54, 1.807) is 0 Å². The van der Waals surface area contributed by atoms with Gasteiger partial charge < -0.3 is 15.0 Å². The largest absolute Gasteiger partial charge is 0.381 e. The van der Waals surface area contributed by atoms with Crippen LogP contribution >= 0.6 is 0 Å². The summed E-state index contributed by atoms with van der Waals surface area (Å²) in [4.78, 5) is 14.7. The number of hydrogen-bond donors (Lipinski definition) is 1. The lowest BCUT2D eigenvalue weighted by Crippen LogP contribution is -2.44. The van der Waals surface area contributed by atoms with Crippen LogP contribution in [0.5, 0.6) is 0 Å². The van der Waals surface area contributed by atoms with Gasteiger partial charge in [-0.3, -0.25) is 0 Å². The summed E-state index contributed by atoms with van der Waals surface area (Å²) < 4.78 is 5.44. The zero-order chi connectivity index (χ0) is 17.6. The monoisotopic (exact) mass is 332 g/mol. The van der Waals surface area contributed by atoms with Crippen molar-refractivity contribution in [2.75, 3.05) is 26.3 Å². The van der Waals surface area contributed by atoms with Gasteiger partial charge in [0.25, 0.3) is 0 Å². The maximum absolute atomic E-state index is 12.8. The predicted octanol–water partition coefficient (Wildman–Crippen LogP) is 4.23. The molecule has 2 amide bonds. The molecular weight excluding hydrogens is 300 g/mol. The van der Waals surface area contributed by atoms with E-state index < -0.39 is 0 Å². The van der Waals surface area contributed by atoms with Crippen molar-refractivity contribution in [1.82, 2.24) is 10.2 Å². The zero-order valence-corrected chi connectivity index (χ0v) is 15.5. The lowest BCUT2D eigenvalue weighted by molar-refractivity contribution is 0.163. The van der Waals surface area contributed by atoms with Gasteiger partial charge in [-0.25, -0.2) is 4.79 Å². The number of urea groups is 1. The number of nitrogens with one attached hydrogen (secondary N) is 1. The van der Waals surface area contributed by atoms with Gasteiger partial charge in [-0.1, -0.05) is 51.1 Å². The van der Waals surface area contributed by atoms with Gasteiger partial charge in [0.1, 0.15) is 0 Å². The molecule has 4 heteroatoms. The molecule has 1 saturated heterocycles. The van der Waals surface area contributed by atoms with Gasteiger partial charge in [0.2, 0.25) is 0 Å². The molecule has 1 heterocycles. The van der Waals surface area contributed by atoms with E-state index in [2.05, 4.69) is 38.2 Å². The van der Waals surface area contributed by atoms with Gasteiger partial charge in [0.05, 0.1) is 12.6 Å². The van der Waals surface area contributed by atoms with Crippen LogP contribution in [0.25, 0.3) is 0 Å². The summed E-state index contributed by atoms with van der Waals surface area (Å²) in [6.45, 7) is 11.8. The minimum absolute atomic E-state index is 0.0301. The third-order valence-electron chi connectivity index (χ3n) is 4.49. The lowest BCUT2D eigenvalue weighted by atomic mass is 9.85. The average molecular weight is 332 g/mol. The number of rotatable bonds is 6. The molecule has 0 bridgehead atoms. The van der Waals surface area contributed by atoms with Crippen molar-refractivity contribution in [3.8, 4) is 0 Å². The zero-order valence-electron chi connectivity index (χ0n) is 15.5. The van der Waals surface area contributed by atoms with Gasteiger partial charge in [0.15, 0.2) is 0 Å². The maximum Gasteiger partial charge on any atom is 0.317 e. The van der Waals surface area contributed by atoms with Gasteiger partial charge in [-0.05, 0) is 30.7 Å². The molecule has 134 valence electrons. The third kappa shape index (κ3) is 5.82. The van der Waals surface area contributed by atoms with Gasteiger partial charge >= 0.3 is 6.03 Å². The number of amides is 2. The van der Waals surface area contributed by atoms with Crippen molar-refractivity contribution in [3.05, 3.63) is 35.9 Å². The molecule has 0 saturated carbocycles. The van der Waals surface area contributed by atoms with Crippen molar-refractivity contribution in [2.24, 2.45) is 11.3 Å². The highest BCUT2D eigenvalue weighted by Gasteiger charge is 2.26. The van der Waals surface area contributed by atoms with Crippen LogP contribution in [0.2, 0.25) is 0 Å². The molecule has 1 fully saturated rings. The van der Waals surface area contributed by atoms with Crippen molar-refractivity contribution in [3.63, 3.8) is 0 Å². The van der Waals surface area contributed by atoms with Crippen LogP contribution in [0, 0.1) is 11.3 Å². The van der Waals surface area contributed by atoms with Gasteiger partial charge in [-0.15, -0.1) is 0 Å². The summed E-state index contributed by atoms with van der Waals surface area (Å²) in [5, 5.41) is 3.26. The van der Waals surface area contributed by atoms with E-state index in [0.717, 1.165) is 39.1 Å². The Kier molecular flexibility index (Phi) is 6.67. The number of benzene rings is 1. The molecule has 1 aliphatic heterocycles. The molecule has 4 nitrogen and oxygen atoms in total. The first-order valence-corrected chi connectivity index (χ1v) is 9.07. The van der Waals surface area contributed by atoms with Crippen molar-refractivity contribution in [2.45, 2.75) is 46.6 Å². The molecule has 1 N–H and O–H groups in total. The van der Waals surface area contributed by atoms with Crippen LogP contribution in [0.3, 0.4) is 0 Å². The Balaban J connectivity index is 2.04. The molecule has 1 aliphatic rings. The minimum atomic E-state index is 0.0301. The highest BCUT2D eigenvalue weighted by molar-refractivity contribution is 5.74. The summed E-state index contributed by atoms with van der Waals surface area (Å²) in [7, 11) is 0. The van der Waals surface area contributed by atoms with Crippen LogP contribution < -0.4 is 5.32 Å². The Labute approximate surface area is 146 Å². The third-order valence-corrected chi connectivity index (χ3v) is 4.49. The lowest BCUT2D eigenvalue weighted by Gasteiger charge is -2.31. The molecule has 0 radical (unpaired) electrons. The minimum Gasteiger partial charge on any atom is -0.381 e. The highest BCUT2D eigenvalue weighted by Crippen LogP contribution is 2.29. The summed E-state index contributed by atoms with van der Waals surface area (Å²) in [5.74, 6) is 0.466. The van der Waals surface area contributed by atoms with Gasteiger partial charge in [-0.2, -0.15) is 0 Å². The molecule has 0 aliphatic carbocycles. The fourth-order valence-corrected chi connectivity index (χ4v) is 3.18. The molecule has 0 aromatic heterocycles. The molecule has 2 rings (SSSR count). The second kappa shape index (κ2) is 8.52. The quantitative estimate of drug-likeness (QED) is 0.847. The summed E-state index contributed by atoms with van der Waals surface area (Å²) >= 11 is 0. The molecule has 24 heavy (non-hydrogen) atoms. The molecule has 0 spiro atoms. The molecule has 1 aromatic rings. The van der Waals surface area contributed by atoms with Crippen LogP contribution in [-0.2, 0) is 4.74 Å². The van der Waals surface area contributed by atoms with E-state index in [0.29, 0.717) is 5.92 Å². The Morgan fingerprint density at radius 2 is 2.04 bits per heavy atom.